The van der Waals surface area contributed by atoms with Crippen LogP contribution < -0.4 is 5.32 Å². The molecule has 0 bridgehead atoms. The van der Waals surface area contributed by atoms with Crippen LogP contribution in [0.5, 0.6) is 0 Å². The SMILES string of the molecule is Cn1ncc(C(=O)Nc2nc3cc(Cl)ccn3n2)c1C#N. The Labute approximate surface area is 123 Å². The molecule has 3 aromatic heterocycles. The number of fused-ring (bicyclic) bond motifs is 1. The third-order valence-corrected chi connectivity index (χ3v) is 3.05. The summed E-state index contributed by atoms with van der Waals surface area (Å²) in [4.78, 5) is 16.2. The normalized spacial score (nSPS) is 10.5. The van der Waals surface area contributed by atoms with E-state index in [4.69, 9.17) is 16.9 Å². The van der Waals surface area contributed by atoms with Gasteiger partial charge < -0.3 is 0 Å². The Kier molecular flexibility index (Phi) is 3.04. The summed E-state index contributed by atoms with van der Waals surface area (Å²) >= 11 is 5.86. The zero-order valence-electron chi connectivity index (χ0n) is 10.8. The van der Waals surface area contributed by atoms with Crippen molar-refractivity contribution in [2.45, 2.75) is 0 Å². The number of halogens is 1. The highest BCUT2D eigenvalue weighted by Gasteiger charge is 2.17. The second-order valence-corrected chi connectivity index (χ2v) is 4.62. The molecule has 9 heteroatoms. The molecule has 21 heavy (non-hydrogen) atoms. The lowest BCUT2D eigenvalue weighted by Crippen LogP contribution is -2.14. The summed E-state index contributed by atoms with van der Waals surface area (Å²) in [5.74, 6) is -0.378. The Hall–Kier alpha value is -2.92. The fourth-order valence-corrected chi connectivity index (χ4v) is 1.97. The van der Waals surface area contributed by atoms with E-state index in [0.29, 0.717) is 10.7 Å². The van der Waals surface area contributed by atoms with E-state index in [1.54, 1.807) is 25.4 Å². The van der Waals surface area contributed by atoms with E-state index in [-0.39, 0.29) is 17.2 Å². The highest BCUT2D eigenvalue weighted by atomic mass is 35.5. The third-order valence-electron chi connectivity index (χ3n) is 2.81. The molecule has 1 N–H and O–H groups in total. The van der Waals surface area contributed by atoms with Crippen molar-refractivity contribution in [1.29, 1.82) is 5.26 Å². The van der Waals surface area contributed by atoms with Crippen LogP contribution in [0.25, 0.3) is 5.65 Å². The first-order chi connectivity index (χ1) is 10.1. The number of carbonyl (C=O) groups is 1. The van der Waals surface area contributed by atoms with Crippen molar-refractivity contribution >= 4 is 29.1 Å². The van der Waals surface area contributed by atoms with E-state index in [1.165, 1.54) is 15.4 Å². The second-order valence-electron chi connectivity index (χ2n) is 4.18. The number of nitrogens with zero attached hydrogens (tertiary/aromatic N) is 6. The van der Waals surface area contributed by atoms with Crippen LogP contribution in [0, 0.1) is 11.3 Å². The van der Waals surface area contributed by atoms with Crippen molar-refractivity contribution in [3.05, 3.63) is 40.8 Å². The molecule has 0 radical (unpaired) electrons. The Balaban J connectivity index is 1.91. The minimum atomic E-state index is -0.498. The average molecular weight is 302 g/mol. The Bertz CT molecular complexity index is 889. The van der Waals surface area contributed by atoms with Gasteiger partial charge in [0.05, 0.1) is 11.8 Å². The van der Waals surface area contributed by atoms with Crippen LogP contribution in [0.4, 0.5) is 5.95 Å². The van der Waals surface area contributed by atoms with Crippen LogP contribution in [0.15, 0.2) is 24.5 Å². The van der Waals surface area contributed by atoms with E-state index in [1.807, 2.05) is 6.07 Å². The summed E-state index contributed by atoms with van der Waals surface area (Å²) < 4.78 is 2.81. The first-order valence-corrected chi connectivity index (χ1v) is 6.21. The summed E-state index contributed by atoms with van der Waals surface area (Å²) in [5, 5.41) is 20.0. The van der Waals surface area contributed by atoms with Gasteiger partial charge in [0, 0.05) is 24.3 Å². The molecule has 104 valence electrons. The van der Waals surface area contributed by atoms with Gasteiger partial charge in [-0.15, -0.1) is 5.10 Å². The molecular weight excluding hydrogens is 294 g/mol. The molecule has 0 saturated carbocycles. The number of anilines is 1. The summed E-state index contributed by atoms with van der Waals surface area (Å²) in [6.45, 7) is 0. The van der Waals surface area contributed by atoms with Gasteiger partial charge in [-0.3, -0.25) is 14.8 Å². The second kappa shape index (κ2) is 4.88. The number of amides is 1. The van der Waals surface area contributed by atoms with Gasteiger partial charge in [-0.2, -0.15) is 15.3 Å². The van der Waals surface area contributed by atoms with Crippen LogP contribution in [-0.4, -0.2) is 30.3 Å². The molecule has 0 fully saturated rings. The van der Waals surface area contributed by atoms with Gasteiger partial charge in [0.1, 0.15) is 6.07 Å². The van der Waals surface area contributed by atoms with Gasteiger partial charge in [0.25, 0.3) is 5.91 Å². The van der Waals surface area contributed by atoms with Crippen molar-refractivity contribution in [2.75, 3.05) is 5.32 Å². The lowest BCUT2D eigenvalue weighted by molar-refractivity contribution is 0.102. The molecule has 8 nitrogen and oxygen atoms in total. The monoisotopic (exact) mass is 301 g/mol. The minimum Gasteiger partial charge on any atom is -0.289 e. The van der Waals surface area contributed by atoms with E-state index < -0.39 is 5.91 Å². The summed E-state index contributed by atoms with van der Waals surface area (Å²) in [5.41, 5.74) is 0.834. The quantitative estimate of drug-likeness (QED) is 0.767. The number of nitriles is 1. The number of hydrogen-bond donors (Lipinski definition) is 1. The number of hydrogen-bond acceptors (Lipinski definition) is 5. The van der Waals surface area contributed by atoms with Crippen LogP contribution in [-0.2, 0) is 7.05 Å². The van der Waals surface area contributed by atoms with E-state index in [9.17, 15) is 4.79 Å². The molecule has 0 saturated heterocycles. The first kappa shape index (κ1) is 13.1. The van der Waals surface area contributed by atoms with E-state index in [2.05, 4.69) is 20.5 Å². The molecule has 0 aliphatic rings. The highest BCUT2D eigenvalue weighted by Crippen LogP contribution is 2.13. The Morgan fingerprint density at radius 1 is 1.52 bits per heavy atom. The first-order valence-electron chi connectivity index (χ1n) is 5.84. The molecule has 1 amide bonds. The highest BCUT2D eigenvalue weighted by molar-refractivity contribution is 6.30. The molecule has 0 aliphatic carbocycles. The van der Waals surface area contributed by atoms with Gasteiger partial charge in [0.15, 0.2) is 11.3 Å². The maximum absolute atomic E-state index is 12.1. The average Bonchev–Trinajstić information content (AvgIpc) is 3.00. The molecule has 0 atom stereocenters. The molecule has 0 unspecified atom stereocenters. The maximum Gasteiger partial charge on any atom is 0.262 e. The number of aryl methyl sites for hydroxylation is 1. The minimum absolute atomic E-state index is 0.120. The zero-order valence-corrected chi connectivity index (χ0v) is 11.5. The van der Waals surface area contributed by atoms with Gasteiger partial charge in [-0.05, 0) is 6.07 Å². The van der Waals surface area contributed by atoms with Crippen LogP contribution in [0.3, 0.4) is 0 Å². The van der Waals surface area contributed by atoms with Crippen LogP contribution in [0.1, 0.15) is 16.1 Å². The van der Waals surface area contributed by atoms with Crippen LogP contribution >= 0.6 is 11.6 Å². The van der Waals surface area contributed by atoms with E-state index in [0.717, 1.165) is 0 Å². The van der Waals surface area contributed by atoms with Crippen molar-refractivity contribution in [1.82, 2.24) is 24.4 Å². The summed E-state index contributed by atoms with van der Waals surface area (Å²) in [7, 11) is 1.58. The smallest absolute Gasteiger partial charge is 0.262 e. The zero-order chi connectivity index (χ0) is 15.0. The van der Waals surface area contributed by atoms with Gasteiger partial charge in [-0.1, -0.05) is 11.6 Å². The topological polar surface area (TPSA) is 101 Å². The Morgan fingerprint density at radius 2 is 2.33 bits per heavy atom. The Morgan fingerprint density at radius 3 is 3.10 bits per heavy atom. The molecule has 0 aromatic carbocycles. The molecule has 0 spiro atoms. The molecule has 3 aromatic rings. The fourth-order valence-electron chi connectivity index (χ4n) is 1.81. The molecular formula is C12H8ClN7O. The number of pyridine rings is 1. The van der Waals surface area contributed by atoms with Crippen molar-refractivity contribution in [3.8, 4) is 6.07 Å². The summed E-state index contributed by atoms with van der Waals surface area (Å²) in [6, 6.07) is 5.20. The predicted octanol–water partition coefficient (Wildman–Crippen LogP) is 1.24. The van der Waals surface area contributed by atoms with Crippen LogP contribution in [0.2, 0.25) is 5.02 Å². The molecule has 0 aliphatic heterocycles. The number of rotatable bonds is 2. The van der Waals surface area contributed by atoms with Crippen molar-refractivity contribution in [2.24, 2.45) is 7.05 Å². The molecule has 3 heterocycles. The van der Waals surface area contributed by atoms with Gasteiger partial charge >= 0.3 is 0 Å². The largest absolute Gasteiger partial charge is 0.289 e. The number of carbonyl (C=O) groups excluding carboxylic acids is 1. The van der Waals surface area contributed by atoms with Crippen molar-refractivity contribution in [3.63, 3.8) is 0 Å². The lowest BCUT2D eigenvalue weighted by atomic mass is 10.2. The maximum atomic E-state index is 12.1. The predicted molar refractivity (Wildman–Crippen MR) is 73.9 cm³/mol. The number of nitrogens with one attached hydrogen (secondary N) is 1. The van der Waals surface area contributed by atoms with Gasteiger partial charge in [-0.25, -0.2) is 4.52 Å². The van der Waals surface area contributed by atoms with E-state index >= 15 is 0 Å². The summed E-state index contributed by atoms with van der Waals surface area (Å²) in [6.07, 6.45) is 2.95. The standard InChI is InChI=1S/C12H8ClN7O/c1-19-9(5-14)8(6-15-19)11(21)17-12-16-10-4-7(13)2-3-20(10)18-12/h2-4,6H,1H3,(H,17,18,21). The lowest BCUT2D eigenvalue weighted by Gasteiger charge is -1.98. The number of aromatic nitrogens is 5. The fraction of sp³-hybridized carbons (Fsp3) is 0.0833. The molecule has 3 rings (SSSR count). The third kappa shape index (κ3) is 2.30. The van der Waals surface area contributed by atoms with Gasteiger partial charge in [0.2, 0.25) is 5.95 Å². The van der Waals surface area contributed by atoms with Crippen molar-refractivity contribution < 1.29 is 4.79 Å².